The summed E-state index contributed by atoms with van der Waals surface area (Å²) in [6, 6.07) is 8.86. The van der Waals surface area contributed by atoms with Gasteiger partial charge in [-0.25, -0.2) is 0 Å². The van der Waals surface area contributed by atoms with E-state index in [4.69, 9.17) is 12.2 Å². The highest BCUT2D eigenvalue weighted by atomic mass is 32.1. The molecule has 2 rings (SSSR count). The Morgan fingerprint density at radius 1 is 1.09 bits per heavy atom. The van der Waals surface area contributed by atoms with Crippen LogP contribution in [0.4, 0.5) is 14.5 Å². The number of amides is 1. The quantitative estimate of drug-likeness (QED) is 0.587. The van der Waals surface area contributed by atoms with Gasteiger partial charge in [-0.2, -0.15) is 8.78 Å². The Bertz CT molecular complexity index is 668. The molecule has 3 N–H and O–H groups in total. The number of carbonyl (C=O) groups is 1. The fraction of sp³-hybridized carbons (Fsp3) is 0.0714. The van der Waals surface area contributed by atoms with Crippen LogP contribution in [0.25, 0.3) is 0 Å². The van der Waals surface area contributed by atoms with E-state index < -0.39 is 6.61 Å². The van der Waals surface area contributed by atoms with Crippen LogP contribution < -0.4 is 20.9 Å². The van der Waals surface area contributed by atoms with E-state index in [9.17, 15) is 13.6 Å². The molecule has 0 saturated heterocycles. The van der Waals surface area contributed by atoms with Crippen molar-refractivity contribution < 1.29 is 18.3 Å². The monoisotopic (exact) mass is 338 g/mol. The number of hydrazine groups is 1. The lowest BCUT2D eigenvalue weighted by Crippen LogP contribution is -2.43. The zero-order valence-electron chi connectivity index (χ0n) is 11.6. The number of nitrogens with zero attached hydrogens (tertiary/aromatic N) is 1. The van der Waals surface area contributed by atoms with Gasteiger partial charge in [0.1, 0.15) is 5.75 Å². The minimum atomic E-state index is -2.88. The second-order valence-corrected chi connectivity index (χ2v) is 4.58. The van der Waals surface area contributed by atoms with Gasteiger partial charge in [0.2, 0.25) is 0 Å². The Labute approximate surface area is 135 Å². The van der Waals surface area contributed by atoms with Gasteiger partial charge in [-0.15, -0.1) is 0 Å². The molecule has 0 saturated carbocycles. The van der Waals surface area contributed by atoms with Crippen molar-refractivity contribution in [1.29, 1.82) is 0 Å². The molecule has 0 unspecified atom stereocenters. The molecule has 2 aromatic rings. The largest absolute Gasteiger partial charge is 0.435 e. The van der Waals surface area contributed by atoms with Crippen LogP contribution in [0, 0.1) is 0 Å². The van der Waals surface area contributed by atoms with Gasteiger partial charge in [0, 0.05) is 23.6 Å². The van der Waals surface area contributed by atoms with Crippen LogP contribution in [-0.4, -0.2) is 22.6 Å². The van der Waals surface area contributed by atoms with Crippen molar-refractivity contribution in [2.45, 2.75) is 6.61 Å². The summed E-state index contributed by atoms with van der Waals surface area (Å²) in [6.45, 7) is -2.88. The van der Waals surface area contributed by atoms with Gasteiger partial charge in [-0.3, -0.25) is 20.6 Å². The number of aromatic nitrogens is 1. The molecule has 0 aliphatic heterocycles. The molecule has 23 heavy (non-hydrogen) atoms. The van der Waals surface area contributed by atoms with Gasteiger partial charge in [-0.1, -0.05) is 0 Å². The van der Waals surface area contributed by atoms with Crippen LogP contribution in [0.15, 0.2) is 48.8 Å². The SMILES string of the molecule is O=C(NNC(=S)Nc1ccc(OC(F)F)cc1)c1ccncc1. The topological polar surface area (TPSA) is 75.3 Å². The number of benzene rings is 1. The normalized spacial score (nSPS) is 10.0. The first kappa shape index (κ1) is 16.6. The minimum Gasteiger partial charge on any atom is -0.435 e. The number of rotatable bonds is 4. The van der Waals surface area contributed by atoms with Crippen molar-refractivity contribution in [1.82, 2.24) is 15.8 Å². The Morgan fingerprint density at radius 3 is 2.35 bits per heavy atom. The Morgan fingerprint density at radius 2 is 1.74 bits per heavy atom. The Kier molecular flexibility index (Phi) is 5.75. The summed E-state index contributed by atoms with van der Waals surface area (Å²) >= 11 is 5.01. The fourth-order valence-corrected chi connectivity index (χ4v) is 1.74. The maximum Gasteiger partial charge on any atom is 0.387 e. The van der Waals surface area contributed by atoms with Gasteiger partial charge in [-0.05, 0) is 48.6 Å². The molecule has 1 amide bonds. The second kappa shape index (κ2) is 7.99. The molecule has 0 aliphatic carbocycles. The van der Waals surface area contributed by atoms with Crippen molar-refractivity contribution in [2.75, 3.05) is 5.32 Å². The van der Waals surface area contributed by atoms with E-state index >= 15 is 0 Å². The Hall–Kier alpha value is -2.81. The third-order valence-corrected chi connectivity index (χ3v) is 2.77. The van der Waals surface area contributed by atoms with Crippen LogP contribution in [0.1, 0.15) is 10.4 Å². The van der Waals surface area contributed by atoms with Gasteiger partial charge in [0.15, 0.2) is 5.11 Å². The van der Waals surface area contributed by atoms with Crippen molar-refractivity contribution in [3.8, 4) is 5.75 Å². The number of hydrogen-bond donors (Lipinski definition) is 3. The average Bonchev–Trinajstić information content (AvgIpc) is 2.55. The third kappa shape index (κ3) is 5.47. The predicted molar refractivity (Wildman–Crippen MR) is 84.1 cm³/mol. The molecule has 0 atom stereocenters. The van der Waals surface area contributed by atoms with Gasteiger partial charge in [0.05, 0.1) is 0 Å². The summed E-state index contributed by atoms with van der Waals surface area (Å²) in [4.78, 5) is 15.6. The van der Waals surface area contributed by atoms with E-state index in [1.807, 2.05) is 0 Å². The standard InChI is InChI=1S/C14H12F2N4O2S/c15-13(16)22-11-3-1-10(2-4-11)18-14(23)20-19-12(21)9-5-7-17-8-6-9/h1-8,13H,(H,19,21)(H2,18,20,23). The number of alkyl halides is 2. The predicted octanol–water partition coefficient (Wildman–Crippen LogP) is 2.31. The highest BCUT2D eigenvalue weighted by molar-refractivity contribution is 7.80. The molecule has 1 aromatic carbocycles. The zero-order valence-corrected chi connectivity index (χ0v) is 12.4. The van der Waals surface area contributed by atoms with E-state index in [2.05, 4.69) is 25.9 Å². The molecule has 0 aliphatic rings. The number of halogens is 2. The maximum absolute atomic E-state index is 12.0. The fourth-order valence-electron chi connectivity index (χ4n) is 1.57. The minimum absolute atomic E-state index is 0.0374. The molecule has 120 valence electrons. The smallest absolute Gasteiger partial charge is 0.387 e. The first-order chi connectivity index (χ1) is 11.0. The number of anilines is 1. The number of ether oxygens (including phenoxy) is 1. The highest BCUT2D eigenvalue weighted by Crippen LogP contribution is 2.17. The number of pyridine rings is 1. The number of nitrogens with one attached hydrogen (secondary N) is 3. The summed E-state index contributed by atoms with van der Waals surface area (Å²) in [5.74, 6) is -0.340. The average molecular weight is 338 g/mol. The zero-order chi connectivity index (χ0) is 16.7. The summed E-state index contributed by atoms with van der Waals surface area (Å²) in [5, 5.41) is 2.91. The second-order valence-electron chi connectivity index (χ2n) is 4.17. The van der Waals surface area contributed by atoms with E-state index in [1.165, 1.54) is 36.7 Å². The first-order valence-corrected chi connectivity index (χ1v) is 6.77. The summed E-state index contributed by atoms with van der Waals surface area (Å²) in [6.07, 6.45) is 2.99. The molecule has 1 aromatic heterocycles. The number of carbonyl (C=O) groups excluding carboxylic acids is 1. The van der Waals surface area contributed by atoms with Gasteiger partial charge in [0.25, 0.3) is 5.91 Å². The van der Waals surface area contributed by atoms with E-state index in [0.29, 0.717) is 11.3 Å². The lowest BCUT2D eigenvalue weighted by atomic mass is 10.3. The van der Waals surface area contributed by atoms with Crippen molar-refractivity contribution >= 4 is 28.9 Å². The molecule has 6 nitrogen and oxygen atoms in total. The number of hydrogen-bond acceptors (Lipinski definition) is 4. The molecule has 0 bridgehead atoms. The summed E-state index contributed by atoms with van der Waals surface area (Å²) in [7, 11) is 0. The lowest BCUT2D eigenvalue weighted by molar-refractivity contribution is -0.0498. The summed E-state index contributed by atoms with van der Waals surface area (Å²) < 4.78 is 28.3. The van der Waals surface area contributed by atoms with Crippen LogP contribution in [-0.2, 0) is 0 Å². The van der Waals surface area contributed by atoms with Crippen LogP contribution in [0.2, 0.25) is 0 Å². The maximum atomic E-state index is 12.0. The Balaban J connectivity index is 1.81. The molecule has 0 spiro atoms. The molecule has 0 radical (unpaired) electrons. The van der Waals surface area contributed by atoms with Crippen LogP contribution in [0.3, 0.4) is 0 Å². The first-order valence-electron chi connectivity index (χ1n) is 6.37. The molecule has 0 fully saturated rings. The van der Waals surface area contributed by atoms with Crippen molar-refractivity contribution in [3.05, 3.63) is 54.4 Å². The summed E-state index contributed by atoms with van der Waals surface area (Å²) in [5.41, 5.74) is 5.90. The van der Waals surface area contributed by atoms with E-state index in [0.717, 1.165) is 0 Å². The van der Waals surface area contributed by atoms with Gasteiger partial charge < -0.3 is 10.1 Å². The van der Waals surface area contributed by atoms with Crippen LogP contribution in [0.5, 0.6) is 5.75 Å². The lowest BCUT2D eigenvalue weighted by Gasteiger charge is -2.12. The van der Waals surface area contributed by atoms with Gasteiger partial charge >= 0.3 is 6.61 Å². The van der Waals surface area contributed by atoms with E-state index in [-0.39, 0.29) is 16.8 Å². The van der Waals surface area contributed by atoms with Crippen molar-refractivity contribution in [2.24, 2.45) is 0 Å². The van der Waals surface area contributed by atoms with E-state index in [1.54, 1.807) is 12.1 Å². The number of thiocarbonyl (C=S) groups is 1. The molecule has 1 heterocycles. The van der Waals surface area contributed by atoms with Crippen LogP contribution >= 0.6 is 12.2 Å². The molecule has 9 heteroatoms. The highest BCUT2D eigenvalue weighted by Gasteiger charge is 2.06. The van der Waals surface area contributed by atoms with Crippen molar-refractivity contribution in [3.63, 3.8) is 0 Å². The third-order valence-electron chi connectivity index (χ3n) is 2.57. The molecular formula is C14H12F2N4O2S. The molecular weight excluding hydrogens is 326 g/mol.